The number of hydrogen-bond acceptors (Lipinski definition) is 3. The highest BCUT2D eigenvalue weighted by atomic mass is 16.6. The van der Waals surface area contributed by atoms with Gasteiger partial charge >= 0.3 is 6.09 Å². The van der Waals surface area contributed by atoms with Crippen LogP contribution in [0.4, 0.5) is 4.79 Å². The molecule has 2 aromatic rings. The minimum Gasteiger partial charge on any atom is -0.444 e. The van der Waals surface area contributed by atoms with E-state index in [4.69, 9.17) is 4.74 Å². The number of carbonyl (C=O) groups excluding carboxylic acids is 2. The first-order valence-corrected chi connectivity index (χ1v) is 8.38. The van der Waals surface area contributed by atoms with Crippen molar-refractivity contribution in [3.8, 4) is 0 Å². The minimum atomic E-state index is -0.559. The van der Waals surface area contributed by atoms with Crippen LogP contribution in [-0.4, -0.2) is 35.0 Å². The molecule has 2 aromatic carbocycles. The molecule has 1 atom stereocenters. The Hall–Kier alpha value is -2.36. The summed E-state index contributed by atoms with van der Waals surface area (Å²) < 4.78 is 5.44. The molecule has 0 bridgehead atoms. The molecule has 0 radical (unpaired) electrons. The van der Waals surface area contributed by atoms with E-state index in [2.05, 4.69) is 0 Å². The summed E-state index contributed by atoms with van der Waals surface area (Å²) in [6.45, 7) is 6.07. The quantitative estimate of drug-likeness (QED) is 0.768. The van der Waals surface area contributed by atoms with Crippen molar-refractivity contribution in [2.45, 2.75) is 45.3 Å². The first-order valence-electron chi connectivity index (χ1n) is 8.38. The Morgan fingerprint density at radius 3 is 2.50 bits per heavy atom. The Kier molecular flexibility index (Phi) is 4.31. The number of ketones is 1. The maximum absolute atomic E-state index is 12.9. The molecule has 1 aliphatic rings. The van der Waals surface area contributed by atoms with Crippen LogP contribution in [0.1, 0.15) is 44.0 Å². The minimum absolute atomic E-state index is 0.0101. The summed E-state index contributed by atoms with van der Waals surface area (Å²) in [4.78, 5) is 26.9. The second kappa shape index (κ2) is 6.27. The molecule has 1 fully saturated rings. The first-order chi connectivity index (χ1) is 11.3. The van der Waals surface area contributed by atoms with Gasteiger partial charge in [-0.1, -0.05) is 36.4 Å². The standard InChI is InChI=1S/C20H23NO3/c1-20(2,3)24-19(23)21-12-6-9-17(21)18(22)16-11-10-14-7-4-5-8-15(14)13-16/h4-5,7-8,10-11,13,17H,6,9,12H2,1-3H3/t17-/m0/s1. The van der Waals surface area contributed by atoms with Gasteiger partial charge in [0.25, 0.3) is 0 Å². The molecule has 0 unspecified atom stereocenters. The summed E-state index contributed by atoms with van der Waals surface area (Å²) in [7, 11) is 0. The molecule has 0 aliphatic carbocycles. The number of fused-ring (bicyclic) bond motifs is 1. The number of hydrogen-bond donors (Lipinski definition) is 0. The lowest BCUT2D eigenvalue weighted by Gasteiger charge is -2.28. The predicted molar refractivity (Wildman–Crippen MR) is 94.2 cm³/mol. The molecule has 4 heteroatoms. The smallest absolute Gasteiger partial charge is 0.410 e. The van der Waals surface area contributed by atoms with Crippen molar-refractivity contribution in [1.82, 2.24) is 4.90 Å². The van der Waals surface area contributed by atoms with E-state index >= 15 is 0 Å². The van der Waals surface area contributed by atoms with Crippen molar-refractivity contribution >= 4 is 22.6 Å². The van der Waals surface area contributed by atoms with Crippen molar-refractivity contribution in [1.29, 1.82) is 0 Å². The van der Waals surface area contributed by atoms with Gasteiger partial charge < -0.3 is 4.74 Å². The fraction of sp³-hybridized carbons (Fsp3) is 0.400. The molecule has 1 heterocycles. The van der Waals surface area contributed by atoms with Crippen LogP contribution in [0.15, 0.2) is 42.5 Å². The zero-order valence-corrected chi connectivity index (χ0v) is 14.4. The van der Waals surface area contributed by atoms with Crippen molar-refractivity contribution in [2.75, 3.05) is 6.54 Å². The van der Waals surface area contributed by atoms with Gasteiger partial charge in [-0.3, -0.25) is 9.69 Å². The fourth-order valence-corrected chi connectivity index (χ4v) is 3.11. The topological polar surface area (TPSA) is 46.6 Å². The van der Waals surface area contributed by atoms with E-state index in [0.717, 1.165) is 17.2 Å². The molecule has 0 aromatic heterocycles. The number of Topliss-reactive ketones (excluding diaryl/α,β-unsaturated/α-hetero) is 1. The summed E-state index contributed by atoms with van der Waals surface area (Å²) in [5.74, 6) is -0.0101. The van der Waals surface area contributed by atoms with Crippen LogP contribution in [0.5, 0.6) is 0 Å². The first kappa shape index (κ1) is 16.5. The molecule has 24 heavy (non-hydrogen) atoms. The summed E-state index contributed by atoms with van der Waals surface area (Å²) >= 11 is 0. The molecule has 0 saturated carbocycles. The number of benzene rings is 2. The highest BCUT2D eigenvalue weighted by Gasteiger charge is 2.36. The molecule has 1 saturated heterocycles. The maximum Gasteiger partial charge on any atom is 0.410 e. The number of amides is 1. The van der Waals surface area contributed by atoms with Crippen LogP contribution in [0.2, 0.25) is 0 Å². The second-order valence-corrected chi connectivity index (χ2v) is 7.26. The average Bonchev–Trinajstić information content (AvgIpc) is 3.02. The highest BCUT2D eigenvalue weighted by Crippen LogP contribution is 2.25. The Labute approximate surface area is 142 Å². The molecule has 1 aliphatic heterocycles. The third kappa shape index (κ3) is 3.42. The molecule has 3 rings (SSSR count). The highest BCUT2D eigenvalue weighted by molar-refractivity contribution is 6.04. The molecule has 126 valence electrons. The molecule has 4 nitrogen and oxygen atoms in total. The second-order valence-electron chi connectivity index (χ2n) is 7.26. The van der Waals surface area contributed by atoms with E-state index < -0.39 is 17.7 Å². The maximum atomic E-state index is 12.9. The normalized spacial score (nSPS) is 18.0. The third-order valence-electron chi connectivity index (χ3n) is 4.22. The average molecular weight is 325 g/mol. The van der Waals surface area contributed by atoms with Crippen LogP contribution >= 0.6 is 0 Å². The Morgan fingerprint density at radius 2 is 1.79 bits per heavy atom. The number of ether oxygens (including phenoxy) is 1. The lowest BCUT2D eigenvalue weighted by molar-refractivity contribution is 0.0222. The monoisotopic (exact) mass is 325 g/mol. The van der Waals surface area contributed by atoms with E-state index in [1.54, 1.807) is 4.90 Å². The fourth-order valence-electron chi connectivity index (χ4n) is 3.11. The van der Waals surface area contributed by atoms with E-state index in [1.165, 1.54) is 0 Å². The molecular formula is C20H23NO3. The predicted octanol–water partition coefficient (Wildman–Crippen LogP) is 4.42. The van der Waals surface area contributed by atoms with Gasteiger partial charge in [0.2, 0.25) is 0 Å². The van der Waals surface area contributed by atoms with Gasteiger partial charge in [-0.2, -0.15) is 0 Å². The van der Waals surface area contributed by atoms with Gasteiger partial charge in [-0.25, -0.2) is 4.79 Å². The van der Waals surface area contributed by atoms with Gasteiger partial charge in [-0.05, 0) is 50.5 Å². The van der Waals surface area contributed by atoms with E-state index in [9.17, 15) is 9.59 Å². The van der Waals surface area contributed by atoms with E-state index in [1.807, 2.05) is 63.2 Å². The van der Waals surface area contributed by atoms with Crippen molar-refractivity contribution in [3.05, 3.63) is 48.0 Å². The van der Waals surface area contributed by atoms with Gasteiger partial charge in [0.05, 0.1) is 6.04 Å². The lowest BCUT2D eigenvalue weighted by atomic mass is 9.99. The molecular weight excluding hydrogens is 302 g/mol. The Morgan fingerprint density at radius 1 is 1.08 bits per heavy atom. The van der Waals surface area contributed by atoms with Gasteiger partial charge in [0, 0.05) is 12.1 Å². The van der Waals surface area contributed by atoms with Crippen molar-refractivity contribution in [2.24, 2.45) is 0 Å². The zero-order chi connectivity index (χ0) is 17.3. The van der Waals surface area contributed by atoms with Gasteiger partial charge in [0.15, 0.2) is 5.78 Å². The Balaban J connectivity index is 1.83. The lowest BCUT2D eigenvalue weighted by Crippen LogP contribution is -2.43. The molecule has 0 spiro atoms. The van der Waals surface area contributed by atoms with E-state index in [-0.39, 0.29) is 5.78 Å². The van der Waals surface area contributed by atoms with Crippen LogP contribution in [0, 0.1) is 0 Å². The number of likely N-dealkylation sites (tertiary alicyclic amines) is 1. The van der Waals surface area contributed by atoms with Crippen LogP contribution < -0.4 is 0 Å². The summed E-state index contributed by atoms with van der Waals surface area (Å²) in [5.41, 5.74) is 0.0881. The van der Waals surface area contributed by atoms with Crippen molar-refractivity contribution in [3.63, 3.8) is 0 Å². The number of rotatable bonds is 2. The van der Waals surface area contributed by atoms with Crippen molar-refractivity contribution < 1.29 is 14.3 Å². The SMILES string of the molecule is CC(C)(C)OC(=O)N1CCC[C@H]1C(=O)c1ccc2ccccc2c1. The van der Waals surface area contributed by atoms with Crippen LogP contribution in [0.3, 0.4) is 0 Å². The summed E-state index contributed by atoms with van der Waals surface area (Å²) in [5, 5.41) is 2.13. The largest absolute Gasteiger partial charge is 0.444 e. The number of carbonyl (C=O) groups is 2. The Bertz CT molecular complexity index is 776. The molecule has 0 N–H and O–H groups in total. The zero-order valence-electron chi connectivity index (χ0n) is 14.4. The summed E-state index contributed by atoms with van der Waals surface area (Å²) in [6.07, 6.45) is 1.10. The number of nitrogens with zero attached hydrogens (tertiary/aromatic N) is 1. The van der Waals surface area contributed by atoms with E-state index in [0.29, 0.717) is 18.5 Å². The summed E-state index contributed by atoms with van der Waals surface area (Å²) in [6, 6.07) is 13.2. The van der Waals surface area contributed by atoms with Gasteiger partial charge in [0.1, 0.15) is 5.60 Å². The van der Waals surface area contributed by atoms with Crippen LogP contribution in [0.25, 0.3) is 10.8 Å². The molecule has 1 amide bonds. The third-order valence-corrected chi connectivity index (χ3v) is 4.22. The van der Waals surface area contributed by atoms with Crippen LogP contribution in [-0.2, 0) is 4.74 Å². The van der Waals surface area contributed by atoms with Gasteiger partial charge in [-0.15, -0.1) is 0 Å².